The Hall–Kier alpha value is -3.02. The van der Waals surface area contributed by atoms with Crippen LogP contribution in [-0.4, -0.2) is 20.5 Å². The molecule has 0 saturated carbocycles. The van der Waals surface area contributed by atoms with E-state index in [2.05, 4.69) is 22.3 Å². The van der Waals surface area contributed by atoms with Crippen molar-refractivity contribution in [2.75, 3.05) is 0 Å². The number of nitrogens with zero attached hydrogens (tertiary/aromatic N) is 3. The van der Waals surface area contributed by atoms with Gasteiger partial charge in [0.1, 0.15) is 11.3 Å². The summed E-state index contributed by atoms with van der Waals surface area (Å²) in [4.78, 5) is 26.9. The number of aromatic nitrogens is 2. The number of nitroso groups, excluding NO2 is 1. The number of hydrogen-bond donors (Lipinski definition) is 1. The van der Waals surface area contributed by atoms with Crippen molar-refractivity contribution in [2.45, 2.75) is 19.3 Å². The standard InChI is InChI=1S/C17H13N3O3/c21-17(22)13-6-7-14-18-15(16(19-23)20(14)9-13)12-5-4-10-2-1-3-11(10)8-12/h4-9H,1-3H2,(H,21,22). The van der Waals surface area contributed by atoms with Gasteiger partial charge in [0.05, 0.1) is 5.56 Å². The molecule has 2 heterocycles. The van der Waals surface area contributed by atoms with Crippen LogP contribution in [0.2, 0.25) is 0 Å². The first-order chi connectivity index (χ1) is 11.2. The molecule has 0 bridgehead atoms. The van der Waals surface area contributed by atoms with Gasteiger partial charge in [0, 0.05) is 11.8 Å². The predicted molar refractivity (Wildman–Crippen MR) is 85.1 cm³/mol. The van der Waals surface area contributed by atoms with E-state index in [-0.39, 0.29) is 11.4 Å². The number of hydrogen-bond acceptors (Lipinski definition) is 4. The molecule has 0 atom stereocenters. The number of carbonyl (C=O) groups is 1. The van der Waals surface area contributed by atoms with Crippen molar-refractivity contribution in [3.63, 3.8) is 0 Å². The fourth-order valence-electron chi connectivity index (χ4n) is 3.16. The zero-order valence-corrected chi connectivity index (χ0v) is 12.2. The maximum atomic E-state index is 11.3. The van der Waals surface area contributed by atoms with Gasteiger partial charge in [-0.25, -0.2) is 9.78 Å². The lowest BCUT2D eigenvalue weighted by molar-refractivity contribution is 0.0696. The molecule has 114 valence electrons. The van der Waals surface area contributed by atoms with E-state index in [1.54, 1.807) is 6.07 Å². The Morgan fingerprint density at radius 3 is 2.78 bits per heavy atom. The Bertz CT molecular complexity index is 959. The second kappa shape index (κ2) is 5.01. The van der Waals surface area contributed by atoms with Crippen LogP contribution in [0.1, 0.15) is 27.9 Å². The molecule has 6 nitrogen and oxygen atoms in total. The average molecular weight is 307 g/mol. The summed E-state index contributed by atoms with van der Waals surface area (Å²) < 4.78 is 1.43. The Kier molecular flexibility index (Phi) is 2.97. The molecule has 23 heavy (non-hydrogen) atoms. The minimum Gasteiger partial charge on any atom is -0.478 e. The number of aryl methyl sites for hydroxylation is 2. The number of pyridine rings is 1. The second-order valence-electron chi connectivity index (χ2n) is 5.66. The first kappa shape index (κ1) is 13.6. The van der Waals surface area contributed by atoms with Crippen LogP contribution in [0.3, 0.4) is 0 Å². The fourth-order valence-corrected chi connectivity index (χ4v) is 3.16. The van der Waals surface area contributed by atoms with E-state index in [4.69, 9.17) is 5.11 Å². The summed E-state index contributed by atoms with van der Waals surface area (Å²) in [6.45, 7) is 0. The van der Waals surface area contributed by atoms with Crippen LogP contribution in [0.4, 0.5) is 5.82 Å². The van der Waals surface area contributed by atoms with Crippen molar-refractivity contribution < 1.29 is 9.90 Å². The first-order valence-electron chi connectivity index (χ1n) is 7.38. The summed E-state index contributed by atoms with van der Waals surface area (Å²) in [5.74, 6) is -0.933. The lowest BCUT2D eigenvalue weighted by Crippen LogP contribution is -1.98. The quantitative estimate of drug-likeness (QED) is 0.749. The molecule has 6 heteroatoms. The van der Waals surface area contributed by atoms with E-state index >= 15 is 0 Å². The first-order valence-corrected chi connectivity index (χ1v) is 7.38. The minimum atomic E-state index is -1.06. The lowest BCUT2D eigenvalue weighted by Gasteiger charge is -2.03. The van der Waals surface area contributed by atoms with Crippen LogP contribution in [0.15, 0.2) is 41.7 Å². The third-order valence-electron chi connectivity index (χ3n) is 4.30. The smallest absolute Gasteiger partial charge is 0.337 e. The van der Waals surface area contributed by atoms with Gasteiger partial charge in [-0.05, 0) is 53.8 Å². The Morgan fingerprint density at radius 1 is 1.17 bits per heavy atom. The number of benzene rings is 1. The molecule has 0 fully saturated rings. The molecule has 1 aromatic carbocycles. The molecule has 0 spiro atoms. The van der Waals surface area contributed by atoms with Crippen molar-refractivity contribution in [1.82, 2.24) is 9.38 Å². The van der Waals surface area contributed by atoms with E-state index in [1.807, 2.05) is 6.07 Å². The molecule has 1 aliphatic carbocycles. The van der Waals surface area contributed by atoms with Crippen molar-refractivity contribution in [3.05, 3.63) is 58.1 Å². The highest BCUT2D eigenvalue weighted by Crippen LogP contribution is 2.34. The van der Waals surface area contributed by atoms with Gasteiger partial charge in [-0.2, -0.15) is 0 Å². The number of rotatable bonds is 3. The normalized spacial score (nSPS) is 13.2. The maximum absolute atomic E-state index is 11.3. The zero-order chi connectivity index (χ0) is 16.0. The van der Waals surface area contributed by atoms with Gasteiger partial charge in [-0.1, -0.05) is 12.1 Å². The summed E-state index contributed by atoms with van der Waals surface area (Å²) in [5.41, 5.74) is 4.52. The summed E-state index contributed by atoms with van der Waals surface area (Å²) >= 11 is 0. The zero-order valence-electron chi connectivity index (χ0n) is 12.2. The fraction of sp³-hybridized carbons (Fsp3) is 0.176. The van der Waals surface area contributed by atoms with Gasteiger partial charge in [-0.3, -0.25) is 4.40 Å². The molecule has 4 rings (SSSR count). The number of fused-ring (bicyclic) bond motifs is 2. The summed E-state index contributed by atoms with van der Waals surface area (Å²) in [5, 5.41) is 12.2. The molecular weight excluding hydrogens is 294 g/mol. The maximum Gasteiger partial charge on any atom is 0.337 e. The highest BCUT2D eigenvalue weighted by atomic mass is 16.4. The van der Waals surface area contributed by atoms with E-state index in [1.165, 1.54) is 27.8 Å². The number of carboxylic acids is 1. The van der Waals surface area contributed by atoms with Gasteiger partial charge in [0.15, 0.2) is 0 Å². The molecule has 1 aliphatic rings. The van der Waals surface area contributed by atoms with E-state index < -0.39 is 5.97 Å². The minimum absolute atomic E-state index is 0.0836. The molecule has 0 aliphatic heterocycles. The van der Waals surface area contributed by atoms with Gasteiger partial charge >= 0.3 is 5.97 Å². The van der Waals surface area contributed by atoms with Crippen LogP contribution in [0.5, 0.6) is 0 Å². The molecule has 0 radical (unpaired) electrons. The van der Waals surface area contributed by atoms with Gasteiger partial charge < -0.3 is 5.11 Å². The summed E-state index contributed by atoms with van der Waals surface area (Å²) in [6, 6.07) is 9.11. The third-order valence-corrected chi connectivity index (χ3v) is 4.30. The predicted octanol–water partition coefficient (Wildman–Crippen LogP) is 3.59. The van der Waals surface area contributed by atoms with E-state index in [0.29, 0.717) is 11.3 Å². The van der Waals surface area contributed by atoms with Crippen molar-refractivity contribution in [2.24, 2.45) is 5.18 Å². The van der Waals surface area contributed by atoms with Crippen LogP contribution in [0, 0.1) is 4.91 Å². The topological polar surface area (TPSA) is 84.0 Å². The van der Waals surface area contributed by atoms with E-state index in [9.17, 15) is 9.70 Å². The molecule has 0 amide bonds. The van der Waals surface area contributed by atoms with Crippen molar-refractivity contribution in [3.8, 4) is 11.3 Å². The lowest BCUT2D eigenvalue weighted by atomic mass is 10.0. The largest absolute Gasteiger partial charge is 0.478 e. The molecular formula is C17H13N3O3. The third kappa shape index (κ3) is 2.11. The van der Waals surface area contributed by atoms with Crippen molar-refractivity contribution >= 4 is 17.4 Å². The Labute approximate surface area is 131 Å². The van der Waals surface area contributed by atoms with Crippen LogP contribution in [0.25, 0.3) is 16.9 Å². The second-order valence-corrected chi connectivity index (χ2v) is 5.66. The van der Waals surface area contributed by atoms with Crippen molar-refractivity contribution in [1.29, 1.82) is 0 Å². The van der Waals surface area contributed by atoms with Crippen LogP contribution < -0.4 is 0 Å². The Balaban J connectivity index is 1.93. The average Bonchev–Trinajstić information content (AvgIpc) is 3.16. The Morgan fingerprint density at radius 2 is 2.00 bits per heavy atom. The summed E-state index contributed by atoms with van der Waals surface area (Å²) in [7, 11) is 0. The molecule has 0 saturated heterocycles. The summed E-state index contributed by atoms with van der Waals surface area (Å²) in [6.07, 6.45) is 4.63. The van der Waals surface area contributed by atoms with Gasteiger partial charge in [0.25, 0.3) is 0 Å². The van der Waals surface area contributed by atoms with Crippen LogP contribution in [-0.2, 0) is 12.8 Å². The monoisotopic (exact) mass is 307 g/mol. The number of carboxylic acid groups (broad SMARTS) is 1. The molecule has 3 aromatic rings. The van der Waals surface area contributed by atoms with Gasteiger partial charge in [-0.15, -0.1) is 4.91 Å². The van der Waals surface area contributed by atoms with Crippen LogP contribution >= 0.6 is 0 Å². The number of aromatic carboxylic acids is 1. The van der Waals surface area contributed by atoms with Gasteiger partial charge in [0.2, 0.25) is 5.82 Å². The highest BCUT2D eigenvalue weighted by molar-refractivity contribution is 5.88. The number of imidazole rings is 1. The SMILES string of the molecule is O=Nc1c(-c2ccc3c(c2)CCC3)nc2ccc(C(=O)O)cn12. The molecule has 1 N–H and O–H groups in total. The highest BCUT2D eigenvalue weighted by Gasteiger charge is 2.18. The molecule has 2 aromatic heterocycles. The molecule has 0 unspecified atom stereocenters. The van der Waals surface area contributed by atoms with E-state index in [0.717, 1.165) is 24.8 Å².